The third kappa shape index (κ3) is 4.95. The molecule has 0 aliphatic heterocycles. The van der Waals surface area contributed by atoms with Gasteiger partial charge in [0.2, 0.25) is 0 Å². The highest BCUT2D eigenvalue weighted by Gasteiger charge is 2.21. The molecule has 0 aliphatic rings. The lowest BCUT2D eigenvalue weighted by Gasteiger charge is -2.29. The Labute approximate surface area is 284 Å². The zero-order valence-electron chi connectivity index (χ0n) is 26.3. The molecule has 0 unspecified atom stereocenters. The second-order valence-corrected chi connectivity index (χ2v) is 13.2. The van der Waals surface area contributed by atoms with Crippen LogP contribution in [0.2, 0.25) is 0 Å². The summed E-state index contributed by atoms with van der Waals surface area (Å²) in [4.78, 5) is 2.44. The van der Waals surface area contributed by atoms with Crippen molar-refractivity contribution in [2.45, 2.75) is 0 Å². The van der Waals surface area contributed by atoms with E-state index in [0.29, 0.717) is 0 Å². The normalized spacial score (nSPS) is 11.3. The van der Waals surface area contributed by atoms with Gasteiger partial charge in [-0.3, -0.25) is 0 Å². The minimum atomic E-state index is 1.12. The van der Waals surface area contributed by atoms with Crippen LogP contribution in [-0.4, -0.2) is 0 Å². The van der Waals surface area contributed by atoms with Crippen LogP contribution >= 0.6 is 11.3 Å². The van der Waals surface area contributed by atoms with Gasteiger partial charge in [0.05, 0.1) is 11.4 Å². The van der Waals surface area contributed by atoms with Crippen molar-refractivity contribution in [3.05, 3.63) is 188 Å². The Morgan fingerprint density at radius 2 is 0.854 bits per heavy atom. The van der Waals surface area contributed by atoms with Crippen molar-refractivity contribution in [1.29, 1.82) is 0 Å². The summed E-state index contributed by atoms with van der Waals surface area (Å²) in [5.74, 6) is 0. The van der Waals surface area contributed by atoms with Crippen molar-refractivity contribution >= 4 is 59.3 Å². The van der Waals surface area contributed by atoms with Gasteiger partial charge in [-0.1, -0.05) is 152 Å². The molecule has 0 saturated carbocycles. The van der Waals surface area contributed by atoms with Crippen molar-refractivity contribution in [1.82, 2.24) is 0 Å². The van der Waals surface area contributed by atoms with Gasteiger partial charge in [-0.05, 0) is 69.6 Å². The van der Waals surface area contributed by atoms with E-state index in [0.717, 1.165) is 17.1 Å². The Hall–Kier alpha value is -5.96. The minimum Gasteiger partial charge on any atom is -0.309 e. The summed E-state index contributed by atoms with van der Waals surface area (Å²) in [5, 5.41) is 5.06. The van der Waals surface area contributed by atoms with Gasteiger partial charge in [0.25, 0.3) is 0 Å². The Kier molecular flexibility index (Phi) is 7.07. The summed E-state index contributed by atoms with van der Waals surface area (Å²) >= 11 is 1.86. The SMILES string of the molecule is c1ccc(-c2ccc(-c3ccc(N(c4ccccc4-c4cccc5sc6ccccc6c45)c4cccc5ccccc45)cc3)cc2)cc1. The second kappa shape index (κ2) is 12.0. The first kappa shape index (κ1) is 28.3. The summed E-state index contributed by atoms with van der Waals surface area (Å²) in [6, 6.07) is 68.1. The van der Waals surface area contributed by atoms with Gasteiger partial charge in [-0.2, -0.15) is 0 Å². The highest BCUT2D eigenvalue weighted by molar-refractivity contribution is 7.25. The Morgan fingerprint density at radius 3 is 1.65 bits per heavy atom. The lowest BCUT2D eigenvalue weighted by atomic mass is 9.96. The number of benzene rings is 8. The van der Waals surface area contributed by atoms with Gasteiger partial charge in [0, 0.05) is 36.8 Å². The van der Waals surface area contributed by atoms with Gasteiger partial charge in [-0.15, -0.1) is 11.3 Å². The van der Waals surface area contributed by atoms with E-state index in [9.17, 15) is 0 Å². The molecule has 0 fully saturated rings. The first-order chi connectivity index (χ1) is 23.8. The molecule has 9 rings (SSSR count). The third-order valence-electron chi connectivity index (χ3n) is 9.30. The van der Waals surface area contributed by atoms with Crippen molar-refractivity contribution in [3.63, 3.8) is 0 Å². The van der Waals surface area contributed by atoms with Crippen molar-refractivity contribution in [2.75, 3.05) is 4.90 Å². The number of nitrogens with zero attached hydrogens (tertiary/aromatic N) is 1. The smallest absolute Gasteiger partial charge is 0.0540 e. The van der Waals surface area contributed by atoms with Crippen molar-refractivity contribution in [3.8, 4) is 33.4 Å². The van der Waals surface area contributed by atoms with Crippen LogP contribution in [0.25, 0.3) is 64.3 Å². The largest absolute Gasteiger partial charge is 0.309 e. The van der Waals surface area contributed by atoms with Crippen LogP contribution < -0.4 is 4.90 Å². The van der Waals surface area contributed by atoms with Gasteiger partial charge < -0.3 is 4.90 Å². The average Bonchev–Trinajstić information content (AvgIpc) is 3.55. The number of fused-ring (bicyclic) bond motifs is 4. The molecular weight excluding hydrogens is 599 g/mol. The molecule has 0 saturated heterocycles. The monoisotopic (exact) mass is 629 g/mol. The molecule has 0 aliphatic carbocycles. The number of thiophene rings is 1. The molecule has 0 atom stereocenters. The predicted molar refractivity (Wildman–Crippen MR) is 208 cm³/mol. The zero-order valence-corrected chi connectivity index (χ0v) is 27.1. The number of rotatable bonds is 6. The third-order valence-corrected chi connectivity index (χ3v) is 10.4. The molecule has 2 heteroatoms. The number of hydrogen-bond acceptors (Lipinski definition) is 2. The molecule has 1 nitrogen and oxygen atoms in total. The van der Waals surface area contributed by atoms with Crippen LogP contribution in [-0.2, 0) is 0 Å². The summed E-state index contributed by atoms with van der Waals surface area (Å²) in [6.07, 6.45) is 0. The first-order valence-electron chi connectivity index (χ1n) is 16.4. The van der Waals surface area contributed by atoms with Gasteiger partial charge in [0.1, 0.15) is 0 Å². The van der Waals surface area contributed by atoms with Crippen LogP contribution in [0.3, 0.4) is 0 Å². The van der Waals surface area contributed by atoms with Crippen LogP contribution in [0, 0.1) is 0 Å². The molecule has 0 N–H and O–H groups in total. The summed E-state index contributed by atoms with van der Waals surface area (Å²) in [5.41, 5.74) is 10.7. The molecule has 48 heavy (non-hydrogen) atoms. The molecule has 226 valence electrons. The lowest BCUT2D eigenvalue weighted by molar-refractivity contribution is 1.30. The summed E-state index contributed by atoms with van der Waals surface area (Å²) < 4.78 is 2.62. The topological polar surface area (TPSA) is 3.24 Å². The quantitative estimate of drug-likeness (QED) is 0.177. The number of anilines is 3. The molecule has 0 radical (unpaired) electrons. The first-order valence-corrected chi connectivity index (χ1v) is 17.2. The van der Waals surface area contributed by atoms with Gasteiger partial charge in [-0.25, -0.2) is 0 Å². The maximum absolute atomic E-state index is 2.44. The fraction of sp³-hybridized carbons (Fsp3) is 0. The van der Waals surface area contributed by atoms with E-state index in [1.807, 2.05) is 11.3 Å². The fourth-order valence-electron chi connectivity index (χ4n) is 7.00. The number of para-hydroxylation sites is 1. The molecule has 1 aromatic heterocycles. The average molecular weight is 630 g/mol. The van der Waals surface area contributed by atoms with Gasteiger partial charge >= 0.3 is 0 Å². The Morgan fingerprint density at radius 1 is 0.333 bits per heavy atom. The van der Waals surface area contributed by atoms with E-state index in [4.69, 9.17) is 0 Å². The second-order valence-electron chi connectivity index (χ2n) is 12.1. The van der Waals surface area contributed by atoms with Crippen molar-refractivity contribution < 1.29 is 0 Å². The minimum absolute atomic E-state index is 1.12. The van der Waals surface area contributed by atoms with E-state index < -0.39 is 0 Å². The molecular formula is C46H31NS. The van der Waals surface area contributed by atoms with E-state index in [-0.39, 0.29) is 0 Å². The van der Waals surface area contributed by atoms with Crippen LogP contribution in [0.4, 0.5) is 17.1 Å². The maximum Gasteiger partial charge on any atom is 0.0540 e. The number of hydrogen-bond donors (Lipinski definition) is 0. The molecule has 9 aromatic rings. The zero-order chi connectivity index (χ0) is 31.9. The fourth-order valence-corrected chi connectivity index (χ4v) is 8.13. The predicted octanol–water partition coefficient (Wildman–Crippen LogP) is 13.7. The van der Waals surface area contributed by atoms with E-state index in [1.165, 1.54) is 64.3 Å². The molecule has 8 aromatic carbocycles. The molecule has 0 spiro atoms. The Balaban J connectivity index is 1.20. The Bertz CT molecular complexity index is 2540. The van der Waals surface area contributed by atoms with Gasteiger partial charge in [0.15, 0.2) is 0 Å². The summed E-state index contributed by atoms with van der Waals surface area (Å²) in [6.45, 7) is 0. The highest BCUT2D eigenvalue weighted by Crippen LogP contribution is 2.47. The van der Waals surface area contributed by atoms with Crippen LogP contribution in [0.1, 0.15) is 0 Å². The van der Waals surface area contributed by atoms with Crippen molar-refractivity contribution in [2.24, 2.45) is 0 Å². The van der Waals surface area contributed by atoms with Crippen LogP contribution in [0.15, 0.2) is 188 Å². The van der Waals surface area contributed by atoms with E-state index >= 15 is 0 Å². The van der Waals surface area contributed by atoms with Crippen LogP contribution in [0.5, 0.6) is 0 Å². The van der Waals surface area contributed by atoms with E-state index in [2.05, 4.69) is 193 Å². The molecule has 0 bridgehead atoms. The molecule has 1 heterocycles. The lowest BCUT2D eigenvalue weighted by Crippen LogP contribution is -2.11. The summed E-state index contributed by atoms with van der Waals surface area (Å²) in [7, 11) is 0. The van der Waals surface area contributed by atoms with E-state index in [1.54, 1.807) is 0 Å². The standard InChI is InChI=1S/C46H31NS/c1-2-12-32(13-3-1)33-24-26-34(27-25-33)35-28-30-37(31-29-35)47(42-21-10-15-36-14-4-5-16-38(36)42)43-20-8-6-17-39(43)40-19-11-23-45-46(40)41-18-7-9-22-44(41)48-45/h1-31H. The molecule has 0 amide bonds. The highest BCUT2D eigenvalue weighted by atomic mass is 32.1. The maximum atomic E-state index is 2.44.